The van der Waals surface area contributed by atoms with Crippen molar-refractivity contribution in [1.29, 1.82) is 0 Å². The number of rotatable bonds is 0. The van der Waals surface area contributed by atoms with Gasteiger partial charge in [0.05, 0.1) is 6.10 Å². The zero-order chi connectivity index (χ0) is 6.85. The molecule has 0 saturated heterocycles. The Bertz CT molecular complexity index is 100. The van der Waals surface area contributed by atoms with Crippen LogP contribution < -0.4 is 18.9 Å². The molecule has 0 amide bonds. The summed E-state index contributed by atoms with van der Waals surface area (Å²) in [6.07, 6.45) is 3.51. The Morgan fingerprint density at radius 2 is 1.90 bits per heavy atom. The molecule has 1 aliphatic rings. The predicted molar refractivity (Wildman–Crippen MR) is 39.3 cm³/mol. The number of aliphatic hydroxyl groups excluding tert-OH is 1. The van der Waals surface area contributed by atoms with E-state index < -0.39 is 0 Å². The first-order valence-electron chi connectivity index (χ1n) is 3.88. The van der Waals surface area contributed by atoms with E-state index >= 15 is 0 Å². The average Bonchev–Trinajstić information content (AvgIpc) is 1.80. The zero-order valence-corrected chi connectivity index (χ0v) is 7.30. The van der Waals surface area contributed by atoms with Crippen LogP contribution in [0.3, 0.4) is 0 Å². The molecule has 56 valence electrons. The summed E-state index contributed by atoms with van der Waals surface area (Å²) in [5, 5.41) is 9.35. The summed E-state index contributed by atoms with van der Waals surface area (Å²) in [7, 11) is 0. The maximum absolute atomic E-state index is 9.35. The first-order chi connectivity index (χ1) is 4.20. The second-order valence-corrected chi connectivity index (χ2v) is 3.46. The number of hydrogen-bond donors (Lipinski definition) is 1. The molecule has 1 aliphatic carbocycles. The van der Waals surface area contributed by atoms with Crippen LogP contribution in [0.25, 0.3) is 0 Å². The molecule has 0 radical (unpaired) electrons. The van der Waals surface area contributed by atoms with Crippen LogP contribution in [0.1, 0.15) is 34.5 Å². The van der Waals surface area contributed by atoms with Crippen molar-refractivity contribution in [3.05, 3.63) is 0 Å². The SMILES string of the molecule is CC1CCC(C)C(O)C1.[H-].[Li+]. The molecular formula is C8H17LiO. The van der Waals surface area contributed by atoms with Crippen molar-refractivity contribution >= 4 is 0 Å². The molecule has 10 heavy (non-hydrogen) atoms. The minimum absolute atomic E-state index is 0. The molecule has 0 aromatic rings. The van der Waals surface area contributed by atoms with Crippen molar-refractivity contribution in [3.8, 4) is 0 Å². The van der Waals surface area contributed by atoms with Gasteiger partial charge in [0.25, 0.3) is 0 Å². The van der Waals surface area contributed by atoms with E-state index in [1.807, 2.05) is 0 Å². The largest absolute Gasteiger partial charge is 1.00 e. The molecule has 3 atom stereocenters. The van der Waals surface area contributed by atoms with Crippen LogP contribution in [0.2, 0.25) is 0 Å². The first kappa shape index (κ1) is 10.6. The van der Waals surface area contributed by atoms with Gasteiger partial charge in [-0.05, 0) is 24.7 Å². The minimum atomic E-state index is -0.0197. The molecule has 0 spiro atoms. The van der Waals surface area contributed by atoms with Crippen molar-refractivity contribution in [2.45, 2.75) is 39.2 Å². The van der Waals surface area contributed by atoms with Crippen LogP contribution >= 0.6 is 0 Å². The first-order valence-corrected chi connectivity index (χ1v) is 3.88. The van der Waals surface area contributed by atoms with E-state index in [1.54, 1.807) is 0 Å². The van der Waals surface area contributed by atoms with Gasteiger partial charge >= 0.3 is 18.9 Å². The summed E-state index contributed by atoms with van der Waals surface area (Å²) >= 11 is 0. The summed E-state index contributed by atoms with van der Waals surface area (Å²) in [5.41, 5.74) is 0. The molecule has 0 aromatic heterocycles. The molecule has 1 rings (SSSR count). The van der Waals surface area contributed by atoms with E-state index in [0.29, 0.717) is 5.92 Å². The van der Waals surface area contributed by atoms with Crippen LogP contribution in [0.15, 0.2) is 0 Å². The topological polar surface area (TPSA) is 20.2 Å². The summed E-state index contributed by atoms with van der Waals surface area (Å²) in [6.45, 7) is 4.35. The third-order valence-electron chi connectivity index (χ3n) is 2.42. The van der Waals surface area contributed by atoms with Gasteiger partial charge in [-0.25, -0.2) is 0 Å². The van der Waals surface area contributed by atoms with Crippen LogP contribution in [-0.2, 0) is 0 Å². The van der Waals surface area contributed by atoms with Crippen molar-refractivity contribution in [1.82, 2.24) is 0 Å². The molecule has 0 heterocycles. The summed E-state index contributed by atoms with van der Waals surface area (Å²) in [5.74, 6) is 1.29. The molecular weight excluding hydrogens is 119 g/mol. The van der Waals surface area contributed by atoms with Gasteiger partial charge in [0, 0.05) is 0 Å². The minimum Gasteiger partial charge on any atom is -1.00 e. The Balaban J connectivity index is 0. The Morgan fingerprint density at radius 1 is 1.30 bits per heavy atom. The molecule has 1 N–H and O–H groups in total. The normalized spacial score (nSPS) is 40.5. The van der Waals surface area contributed by atoms with Crippen LogP contribution in [0.5, 0.6) is 0 Å². The maximum atomic E-state index is 9.35. The van der Waals surface area contributed by atoms with Crippen molar-refractivity contribution in [3.63, 3.8) is 0 Å². The van der Waals surface area contributed by atoms with Crippen LogP contribution in [-0.4, -0.2) is 11.2 Å². The maximum Gasteiger partial charge on any atom is 1.00 e. The summed E-state index contributed by atoms with van der Waals surface area (Å²) < 4.78 is 0. The van der Waals surface area contributed by atoms with E-state index in [1.165, 1.54) is 12.8 Å². The molecule has 1 fully saturated rings. The van der Waals surface area contributed by atoms with E-state index in [9.17, 15) is 5.11 Å². The zero-order valence-electron chi connectivity index (χ0n) is 8.30. The molecule has 0 aromatic carbocycles. The molecule has 3 unspecified atom stereocenters. The van der Waals surface area contributed by atoms with Crippen LogP contribution in [0, 0.1) is 11.8 Å². The molecule has 0 aliphatic heterocycles. The van der Waals surface area contributed by atoms with Crippen LogP contribution in [0.4, 0.5) is 0 Å². The second-order valence-electron chi connectivity index (χ2n) is 3.46. The van der Waals surface area contributed by atoms with Crippen molar-refractivity contribution < 1.29 is 25.4 Å². The third kappa shape index (κ3) is 2.66. The smallest absolute Gasteiger partial charge is 1.00 e. The van der Waals surface area contributed by atoms with E-state index in [2.05, 4.69) is 13.8 Å². The third-order valence-corrected chi connectivity index (χ3v) is 2.42. The Hall–Kier alpha value is 0.557. The van der Waals surface area contributed by atoms with Gasteiger partial charge in [0.2, 0.25) is 0 Å². The van der Waals surface area contributed by atoms with Gasteiger partial charge in [-0.2, -0.15) is 0 Å². The van der Waals surface area contributed by atoms with Gasteiger partial charge in [0.15, 0.2) is 0 Å². The Morgan fingerprint density at radius 3 is 2.30 bits per heavy atom. The number of aliphatic hydroxyl groups is 1. The van der Waals surface area contributed by atoms with Gasteiger partial charge in [-0.3, -0.25) is 0 Å². The molecule has 1 saturated carbocycles. The fourth-order valence-electron chi connectivity index (χ4n) is 1.50. The quantitative estimate of drug-likeness (QED) is 0.420. The van der Waals surface area contributed by atoms with Gasteiger partial charge in [-0.1, -0.05) is 20.3 Å². The van der Waals surface area contributed by atoms with E-state index in [4.69, 9.17) is 0 Å². The average molecular weight is 136 g/mol. The van der Waals surface area contributed by atoms with E-state index in [0.717, 1.165) is 12.3 Å². The van der Waals surface area contributed by atoms with E-state index in [-0.39, 0.29) is 26.4 Å². The summed E-state index contributed by atoms with van der Waals surface area (Å²) in [4.78, 5) is 0. The molecule has 2 heteroatoms. The fourth-order valence-corrected chi connectivity index (χ4v) is 1.50. The van der Waals surface area contributed by atoms with Crippen molar-refractivity contribution in [2.75, 3.05) is 0 Å². The summed E-state index contributed by atoms with van der Waals surface area (Å²) in [6, 6.07) is 0. The van der Waals surface area contributed by atoms with Gasteiger partial charge < -0.3 is 6.53 Å². The Kier molecular flexibility index (Phi) is 4.69. The Labute approximate surface area is 76.9 Å². The van der Waals surface area contributed by atoms with Gasteiger partial charge in [-0.15, -0.1) is 0 Å². The van der Waals surface area contributed by atoms with Gasteiger partial charge in [0.1, 0.15) is 0 Å². The predicted octanol–water partition coefficient (Wildman–Crippen LogP) is -1.08. The fraction of sp³-hybridized carbons (Fsp3) is 1.00. The molecule has 0 bridgehead atoms. The standard InChI is InChI=1S/C8H16O.Li.H/c1-6-3-4-7(2)8(9)5-6;;/h6-9H,3-5H2,1-2H3;;/q;+1;-1. The van der Waals surface area contributed by atoms with Crippen molar-refractivity contribution in [2.24, 2.45) is 11.8 Å². The number of hydrogen-bond acceptors (Lipinski definition) is 1. The second kappa shape index (κ2) is 4.44. The molecule has 1 nitrogen and oxygen atoms in total. The monoisotopic (exact) mass is 136 g/mol.